The van der Waals surface area contributed by atoms with Crippen molar-refractivity contribution in [2.75, 3.05) is 56.2 Å². The third kappa shape index (κ3) is 5.14. The Hall–Kier alpha value is -3.21. The number of amides is 1. The van der Waals surface area contributed by atoms with Crippen LogP contribution in [0.2, 0.25) is 0 Å². The van der Waals surface area contributed by atoms with Gasteiger partial charge in [-0.25, -0.2) is 4.98 Å². The number of para-hydroxylation sites is 1. The molecule has 0 N–H and O–H groups in total. The Morgan fingerprint density at radius 2 is 1.78 bits per heavy atom. The second kappa shape index (κ2) is 11.0. The number of anilines is 2. The van der Waals surface area contributed by atoms with Crippen LogP contribution in [0.4, 0.5) is 11.5 Å². The van der Waals surface area contributed by atoms with Crippen LogP contribution < -0.4 is 15.4 Å². The summed E-state index contributed by atoms with van der Waals surface area (Å²) in [6, 6.07) is 14.1. The molecule has 10 heteroatoms. The fourth-order valence-corrected chi connectivity index (χ4v) is 5.96. The van der Waals surface area contributed by atoms with E-state index in [-0.39, 0.29) is 11.5 Å². The molecule has 5 rings (SSSR count). The number of piperazine rings is 1. The molecule has 3 aromatic rings. The Kier molecular flexibility index (Phi) is 7.59. The molecule has 192 valence electrons. The Balaban J connectivity index is 1.51. The van der Waals surface area contributed by atoms with Gasteiger partial charge in [0.1, 0.15) is 15.8 Å². The van der Waals surface area contributed by atoms with Gasteiger partial charge in [0.25, 0.3) is 11.5 Å². The number of rotatable bonds is 7. The summed E-state index contributed by atoms with van der Waals surface area (Å²) in [5, 5.41) is 0. The summed E-state index contributed by atoms with van der Waals surface area (Å²) in [7, 11) is 1.63. The molecule has 8 nitrogen and oxygen atoms in total. The molecule has 0 aliphatic carbocycles. The molecule has 37 heavy (non-hydrogen) atoms. The zero-order valence-corrected chi connectivity index (χ0v) is 22.6. The number of hydrogen-bond acceptors (Lipinski definition) is 8. The molecule has 0 atom stereocenters. The topological polar surface area (TPSA) is 70.4 Å². The van der Waals surface area contributed by atoms with Gasteiger partial charge in [0.15, 0.2) is 0 Å². The van der Waals surface area contributed by atoms with Crippen molar-refractivity contribution in [1.82, 2.24) is 14.3 Å². The van der Waals surface area contributed by atoms with Crippen molar-refractivity contribution in [3.8, 4) is 0 Å². The Bertz CT molecular complexity index is 1410. The number of aromatic nitrogens is 2. The van der Waals surface area contributed by atoms with E-state index in [9.17, 15) is 9.59 Å². The molecule has 2 aliphatic rings. The molecular weight excluding hydrogens is 506 g/mol. The SMILES string of the molecule is COCCCN1C(=O)/C(=C/c2c(N3CCN(c4ccccc4)CC3)nc3c(C)cccn3c2=O)SC1=S. The first-order valence-electron chi connectivity index (χ1n) is 12.3. The number of thiocarbonyl (C=S) groups is 1. The first-order valence-corrected chi connectivity index (χ1v) is 13.5. The molecule has 0 saturated carbocycles. The summed E-state index contributed by atoms with van der Waals surface area (Å²) >= 11 is 6.71. The van der Waals surface area contributed by atoms with E-state index in [1.807, 2.05) is 37.3 Å². The lowest BCUT2D eigenvalue weighted by molar-refractivity contribution is -0.122. The molecule has 2 fully saturated rings. The van der Waals surface area contributed by atoms with E-state index in [1.165, 1.54) is 17.4 Å². The van der Waals surface area contributed by atoms with Gasteiger partial charge < -0.3 is 14.5 Å². The smallest absolute Gasteiger partial charge is 0.267 e. The van der Waals surface area contributed by atoms with E-state index in [0.29, 0.717) is 58.9 Å². The summed E-state index contributed by atoms with van der Waals surface area (Å²) in [5.74, 6) is 0.427. The summed E-state index contributed by atoms with van der Waals surface area (Å²) in [4.78, 5) is 38.4. The van der Waals surface area contributed by atoms with Crippen LogP contribution in [0.15, 0.2) is 58.4 Å². The average Bonchev–Trinajstić information content (AvgIpc) is 3.18. The first-order chi connectivity index (χ1) is 18.0. The van der Waals surface area contributed by atoms with E-state index in [0.717, 1.165) is 18.7 Å². The van der Waals surface area contributed by atoms with Crippen LogP contribution in [0.5, 0.6) is 0 Å². The lowest BCUT2D eigenvalue weighted by atomic mass is 10.2. The molecule has 0 bridgehead atoms. The molecular formula is C27H29N5O3S2. The molecule has 2 saturated heterocycles. The highest BCUT2D eigenvalue weighted by Gasteiger charge is 2.33. The van der Waals surface area contributed by atoms with Crippen LogP contribution in [0, 0.1) is 6.92 Å². The van der Waals surface area contributed by atoms with Gasteiger partial charge in [-0.3, -0.25) is 18.9 Å². The first kappa shape index (κ1) is 25.4. The molecule has 0 unspecified atom stereocenters. The summed E-state index contributed by atoms with van der Waals surface area (Å²) < 4.78 is 7.17. The Morgan fingerprint density at radius 1 is 1.05 bits per heavy atom. The molecule has 1 aromatic carbocycles. The van der Waals surface area contributed by atoms with Gasteiger partial charge in [0.2, 0.25) is 0 Å². The minimum absolute atomic E-state index is 0.181. The van der Waals surface area contributed by atoms with Gasteiger partial charge in [-0.05, 0) is 43.2 Å². The highest BCUT2D eigenvalue weighted by atomic mass is 32.2. The summed E-state index contributed by atoms with van der Waals surface area (Å²) in [5.41, 5.74) is 2.94. The fraction of sp³-hybridized carbons (Fsp3) is 0.333. The van der Waals surface area contributed by atoms with Crippen LogP contribution in [0.3, 0.4) is 0 Å². The zero-order chi connectivity index (χ0) is 25.9. The second-order valence-corrected chi connectivity index (χ2v) is 10.7. The number of aryl methyl sites for hydroxylation is 1. The minimum atomic E-state index is -0.196. The fourth-order valence-electron chi connectivity index (χ4n) is 4.67. The van der Waals surface area contributed by atoms with Gasteiger partial charge in [-0.2, -0.15) is 0 Å². The maximum Gasteiger partial charge on any atom is 0.267 e. The lowest BCUT2D eigenvalue weighted by Gasteiger charge is -2.37. The normalized spacial score (nSPS) is 17.5. The number of methoxy groups -OCH3 is 1. The number of thioether (sulfide) groups is 1. The largest absolute Gasteiger partial charge is 0.385 e. The van der Waals surface area contributed by atoms with Crippen LogP contribution in [-0.2, 0) is 9.53 Å². The summed E-state index contributed by atoms with van der Waals surface area (Å²) in [6.45, 7) is 6.01. The van der Waals surface area contributed by atoms with Crippen molar-refractivity contribution in [3.05, 3.63) is 75.0 Å². The predicted octanol–water partition coefficient (Wildman–Crippen LogP) is 3.57. The number of carbonyl (C=O) groups excluding carboxylic acids is 1. The molecule has 0 radical (unpaired) electrons. The molecule has 1 amide bonds. The van der Waals surface area contributed by atoms with Gasteiger partial charge in [0.05, 0.1) is 10.5 Å². The van der Waals surface area contributed by atoms with Crippen molar-refractivity contribution in [1.29, 1.82) is 0 Å². The van der Waals surface area contributed by atoms with Gasteiger partial charge in [-0.15, -0.1) is 0 Å². The van der Waals surface area contributed by atoms with Crippen molar-refractivity contribution >= 4 is 57.4 Å². The number of fused-ring (bicyclic) bond motifs is 1. The number of pyridine rings is 1. The number of ether oxygens (including phenoxy) is 1. The Morgan fingerprint density at radius 3 is 2.51 bits per heavy atom. The van der Waals surface area contributed by atoms with Gasteiger partial charge in [0, 0.05) is 58.3 Å². The van der Waals surface area contributed by atoms with Crippen molar-refractivity contribution in [2.24, 2.45) is 0 Å². The number of nitrogens with zero attached hydrogens (tertiary/aromatic N) is 5. The number of carbonyl (C=O) groups is 1. The van der Waals surface area contributed by atoms with Gasteiger partial charge >= 0.3 is 0 Å². The second-order valence-electron chi connectivity index (χ2n) is 9.03. The van der Waals surface area contributed by atoms with Crippen LogP contribution in [0.25, 0.3) is 11.7 Å². The zero-order valence-electron chi connectivity index (χ0n) is 20.9. The highest BCUT2D eigenvalue weighted by Crippen LogP contribution is 2.34. The third-order valence-corrected chi connectivity index (χ3v) is 8.02. The minimum Gasteiger partial charge on any atom is -0.385 e. The van der Waals surface area contributed by atoms with Gasteiger partial charge in [-0.1, -0.05) is 48.2 Å². The quantitative estimate of drug-likeness (QED) is 0.258. The van der Waals surface area contributed by atoms with E-state index in [1.54, 1.807) is 28.7 Å². The Labute approximate surface area is 225 Å². The maximum absolute atomic E-state index is 13.8. The van der Waals surface area contributed by atoms with E-state index in [4.69, 9.17) is 21.9 Å². The maximum atomic E-state index is 13.8. The van der Waals surface area contributed by atoms with Crippen LogP contribution in [-0.4, -0.2) is 71.0 Å². The predicted molar refractivity (Wildman–Crippen MR) is 153 cm³/mol. The summed E-state index contributed by atoms with van der Waals surface area (Å²) in [6.07, 6.45) is 4.09. The molecule has 2 aromatic heterocycles. The number of hydrogen-bond donors (Lipinski definition) is 0. The van der Waals surface area contributed by atoms with E-state index in [2.05, 4.69) is 21.9 Å². The monoisotopic (exact) mass is 535 g/mol. The van der Waals surface area contributed by atoms with Crippen LogP contribution >= 0.6 is 24.0 Å². The highest BCUT2D eigenvalue weighted by molar-refractivity contribution is 8.26. The molecule has 0 spiro atoms. The molecule has 4 heterocycles. The van der Waals surface area contributed by atoms with E-state index < -0.39 is 0 Å². The third-order valence-electron chi connectivity index (χ3n) is 6.64. The number of benzene rings is 1. The standard InChI is InChI=1S/C27H29N5O3S2/c1-19-8-6-11-31-23(19)28-24(30-15-13-29(14-16-30)20-9-4-3-5-10-20)21(25(31)33)18-22-26(34)32(27(36)37-22)12-7-17-35-2/h3-6,8-11,18H,7,12-17H2,1-2H3/b22-18-. The van der Waals surface area contributed by atoms with Crippen molar-refractivity contribution < 1.29 is 9.53 Å². The van der Waals surface area contributed by atoms with E-state index >= 15 is 0 Å². The van der Waals surface area contributed by atoms with Crippen molar-refractivity contribution in [3.63, 3.8) is 0 Å². The van der Waals surface area contributed by atoms with Crippen molar-refractivity contribution in [2.45, 2.75) is 13.3 Å². The lowest BCUT2D eigenvalue weighted by Crippen LogP contribution is -2.47. The average molecular weight is 536 g/mol. The molecule has 2 aliphatic heterocycles. The van der Waals surface area contributed by atoms with Crippen LogP contribution in [0.1, 0.15) is 17.5 Å².